The number of hydrogen-bond donors (Lipinski definition) is 4. The lowest BCUT2D eigenvalue weighted by molar-refractivity contribution is -0.131. The molecule has 202 valence electrons. The summed E-state index contributed by atoms with van der Waals surface area (Å²) in [6, 6.07) is 17.0. The highest BCUT2D eigenvalue weighted by molar-refractivity contribution is 5.95. The fourth-order valence-electron chi connectivity index (χ4n) is 5.13. The smallest absolute Gasteiger partial charge is 0.251 e. The molecule has 0 radical (unpaired) electrons. The van der Waals surface area contributed by atoms with Gasteiger partial charge < -0.3 is 15.0 Å². The van der Waals surface area contributed by atoms with E-state index >= 15 is 0 Å². The maximum Gasteiger partial charge on any atom is 0.251 e. The second-order valence-electron chi connectivity index (χ2n) is 10.1. The molecule has 3 heterocycles. The normalized spacial score (nSPS) is 15.1. The Labute approximate surface area is 226 Å². The quantitative estimate of drug-likeness (QED) is 0.193. The molecular weight excluding hydrogens is 496 g/mol. The highest BCUT2D eigenvalue weighted by atomic mass is 16.5. The number of ether oxygens (including phenoxy) is 1. The number of benzene rings is 2. The van der Waals surface area contributed by atoms with Crippen LogP contribution in [-0.4, -0.2) is 55.5 Å². The van der Waals surface area contributed by atoms with E-state index < -0.39 is 11.4 Å². The molecule has 1 aliphatic heterocycles. The van der Waals surface area contributed by atoms with Crippen molar-refractivity contribution in [2.24, 2.45) is 0 Å². The van der Waals surface area contributed by atoms with E-state index in [2.05, 4.69) is 25.2 Å². The second kappa shape index (κ2) is 11.6. The number of hydrogen-bond acceptors (Lipinski definition) is 7. The highest BCUT2D eigenvalue weighted by Crippen LogP contribution is 2.28. The summed E-state index contributed by atoms with van der Waals surface area (Å²) in [6.45, 7) is 4.43. The SMILES string of the molecule is Cc1cc(COc2ccc(C(=O)NC3(CC(=O)NO)CCN(Cc4cnc[nH]4)CC3)cc2)c2ccccc2n1. The van der Waals surface area contributed by atoms with Crippen LogP contribution in [0.25, 0.3) is 10.9 Å². The summed E-state index contributed by atoms with van der Waals surface area (Å²) in [4.78, 5) is 39.3. The predicted molar refractivity (Wildman–Crippen MR) is 145 cm³/mol. The molecule has 0 unspecified atom stereocenters. The van der Waals surface area contributed by atoms with Crippen molar-refractivity contribution < 1.29 is 19.5 Å². The number of carbonyl (C=O) groups excluding carboxylic acids is 2. The van der Waals surface area contributed by atoms with Crippen molar-refractivity contribution in [1.29, 1.82) is 0 Å². The number of likely N-dealkylation sites (tertiary alicyclic amines) is 1. The lowest BCUT2D eigenvalue weighted by atomic mass is 9.83. The zero-order chi connectivity index (χ0) is 27.2. The van der Waals surface area contributed by atoms with Gasteiger partial charge in [-0.15, -0.1) is 0 Å². The number of amides is 2. The molecule has 4 aromatic rings. The van der Waals surface area contributed by atoms with Crippen molar-refractivity contribution in [2.75, 3.05) is 13.1 Å². The number of aromatic nitrogens is 3. The fourth-order valence-corrected chi connectivity index (χ4v) is 5.13. The largest absolute Gasteiger partial charge is 0.489 e. The molecule has 1 aliphatic rings. The molecule has 2 aromatic heterocycles. The maximum absolute atomic E-state index is 13.2. The average molecular weight is 529 g/mol. The summed E-state index contributed by atoms with van der Waals surface area (Å²) in [7, 11) is 0. The molecule has 1 saturated heterocycles. The van der Waals surface area contributed by atoms with E-state index in [0.29, 0.717) is 50.4 Å². The van der Waals surface area contributed by atoms with Gasteiger partial charge in [0.2, 0.25) is 5.91 Å². The van der Waals surface area contributed by atoms with Crippen molar-refractivity contribution in [3.8, 4) is 5.75 Å². The first kappa shape index (κ1) is 26.3. The van der Waals surface area contributed by atoms with Crippen molar-refractivity contribution in [3.05, 3.63) is 89.6 Å². The number of hydroxylamine groups is 1. The molecule has 2 amide bonds. The van der Waals surface area contributed by atoms with Crippen molar-refractivity contribution in [1.82, 2.24) is 30.6 Å². The van der Waals surface area contributed by atoms with Crippen LogP contribution < -0.4 is 15.5 Å². The van der Waals surface area contributed by atoms with Crippen LogP contribution in [0.15, 0.2) is 67.1 Å². The first-order chi connectivity index (χ1) is 18.9. The molecule has 0 spiro atoms. The number of pyridine rings is 1. The van der Waals surface area contributed by atoms with E-state index in [1.54, 1.807) is 42.3 Å². The summed E-state index contributed by atoms with van der Waals surface area (Å²) in [5, 5.41) is 13.3. The molecule has 0 aliphatic carbocycles. The zero-order valence-corrected chi connectivity index (χ0v) is 21.8. The van der Waals surface area contributed by atoms with Gasteiger partial charge in [-0.25, -0.2) is 10.5 Å². The average Bonchev–Trinajstić information content (AvgIpc) is 3.46. The number of fused-ring (bicyclic) bond motifs is 1. The van der Waals surface area contributed by atoms with E-state index in [4.69, 9.17) is 9.94 Å². The Bertz CT molecular complexity index is 1430. The second-order valence-corrected chi connectivity index (χ2v) is 10.1. The Kier molecular flexibility index (Phi) is 7.85. The molecule has 4 N–H and O–H groups in total. The summed E-state index contributed by atoms with van der Waals surface area (Å²) in [5.41, 5.74) is 5.33. The van der Waals surface area contributed by atoms with Crippen LogP contribution in [0.5, 0.6) is 5.75 Å². The van der Waals surface area contributed by atoms with Gasteiger partial charge in [0.25, 0.3) is 5.91 Å². The predicted octanol–water partition coefficient (Wildman–Crippen LogP) is 3.51. The number of nitrogens with zero attached hydrogens (tertiary/aromatic N) is 3. The summed E-state index contributed by atoms with van der Waals surface area (Å²) < 4.78 is 6.03. The number of aromatic amines is 1. The number of rotatable bonds is 9. The molecule has 0 atom stereocenters. The molecule has 5 rings (SSSR count). The number of piperidine rings is 1. The van der Waals surface area contributed by atoms with Crippen LogP contribution in [0.1, 0.15) is 46.6 Å². The van der Waals surface area contributed by atoms with Gasteiger partial charge in [0.1, 0.15) is 12.4 Å². The third-order valence-electron chi connectivity index (χ3n) is 7.21. The fraction of sp³-hybridized carbons (Fsp3) is 0.310. The topological polar surface area (TPSA) is 132 Å². The van der Waals surface area contributed by atoms with Crippen molar-refractivity contribution in [2.45, 2.75) is 44.9 Å². The van der Waals surface area contributed by atoms with Crippen LogP contribution in [0.3, 0.4) is 0 Å². The minimum Gasteiger partial charge on any atom is -0.489 e. The van der Waals surface area contributed by atoms with Gasteiger partial charge in [-0.2, -0.15) is 0 Å². The Balaban J connectivity index is 1.22. The molecule has 0 bridgehead atoms. The monoisotopic (exact) mass is 528 g/mol. The Morgan fingerprint density at radius 3 is 2.62 bits per heavy atom. The van der Waals surface area contributed by atoms with Gasteiger partial charge in [0, 0.05) is 53.7 Å². The highest BCUT2D eigenvalue weighted by Gasteiger charge is 2.38. The first-order valence-corrected chi connectivity index (χ1v) is 13.0. The lowest BCUT2D eigenvalue weighted by Crippen LogP contribution is -2.57. The summed E-state index contributed by atoms with van der Waals surface area (Å²) >= 11 is 0. The molecule has 10 nitrogen and oxygen atoms in total. The number of aryl methyl sites for hydroxylation is 1. The van der Waals surface area contributed by atoms with Gasteiger partial charge in [-0.3, -0.25) is 24.7 Å². The van der Waals surface area contributed by atoms with Gasteiger partial charge in [-0.05, 0) is 56.2 Å². The van der Waals surface area contributed by atoms with Gasteiger partial charge >= 0.3 is 0 Å². The lowest BCUT2D eigenvalue weighted by Gasteiger charge is -2.42. The summed E-state index contributed by atoms with van der Waals surface area (Å²) in [5.74, 6) is -0.156. The molecule has 0 saturated carbocycles. The van der Waals surface area contributed by atoms with Crippen LogP contribution in [0.4, 0.5) is 0 Å². The number of carbonyl (C=O) groups is 2. The number of H-pyrrole nitrogens is 1. The number of nitrogens with one attached hydrogen (secondary N) is 3. The van der Waals surface area contributed by atoms with Crippen molar-refractivity contribution >= 4 is 22.7 Å². The molecule has 10 heteroatoms. The molecule has 2 aromatic carbocycles. The van der Waals surface area contributed by atoms with Crippen molar-refractivity contribution in [3.63, 3.8) is 0 Å². The first-order valence-electron chi connectivity index (χ1n) is 13.0. The van der Waals surface area contributed by atoms with E-state index in [0.717, 1.165) is 27.9 Å². The van der Waals surface area contributed by atoms with E-state index in [1.165, 1.54) is 0 Å². The number of para-hydroxylation sites is 1. The third-order valence-corrected chi connectivity index (χ3v) is 7.21. The van der Waals surface area contributed by atoms with Crippen LogP contribution in [0, 0.1) is 6.92 Å². The van der Waals surface area contributed by atoms with E-state index in [1.807, 2.05) is 37.3 Å². The Morgan fingerprint density at radius 1 is 1.13 bits per heavy atom. The summed E-state index contributed by atoms with van der Waals surface area (Å²) in [6.07, 6.45) is 4.57. The zero-order valence-electron chi connectivity index (χ0n) is 21.8. The van der Waals surface area contributed by atoms with Crippen LogP contribution in [-0.2, 0) is 17.9 Å². The standard InChI is InChI=1S/C29H32N6O4/c1-20-14-22(25-4-2-3-5-26(25)32-20)18-39-24-8-6-21(7-9-24)28(37)33-29(15-27(36)34-38)10-12-35(13-11-29)17-23-16-30-19-31-23/h2-9,14,16,19,38H,10-13,15,17-18H2,1H3,(H,30,31)(H,33,37)(H,34,36). The Hall–Kier alpha value is -4.28. The van der Waals surface area contributed by atoms with Gasteiger partial charge in [0.15, 0.2) is 0 Å². The van der Waals surface area contributed by atoms with Gasteiger partial charge in [0.05, 0.1) is 23.8 Å². The molecule has 39 heavy (non-hydrogen) atoms. The maximum atomic E-state index is 13.2. The van der Waals surface area contributed by atoms with Crippen LogP contribution in [0.2, 0.25) is 0 Å². The molecular formula is C29H32N6O4. The van der Waals surface area contributed by atoms with Gasteiger partial charge in [-0.1, -0.05) is 18.2 Å². The third kappa shape index (κ3) is 6.42. The van der Waals surface area contributed by atoms with E-state index in [-0.39, 0.29) is 12.3 Å². The number of imidazole rings is 1. The van der Waals surface area contributed by atoms with E-state index in [9.17, 15) is 9.59 Å². The minimum atomic E-state index is -0.760. The molecule has 1 fully saturated rings. The van der Waals surface area contributed by atoms with Crippen LogP contribution >= 0.6 is 0 Å². The minimum absolute atomic E-state index is 0.00631. The Morgan fingerprint density at radius 2 is 1.90 bits per heavy atom.